The van der Waals surface area contributed by atoms with Gasteiger partial charge in [0.25, 0.3) is 11.8 Å². The van der Waals surface area contributed by atoms with E-state index >= 15 is 0 Å². The number of rotatable bonds is 6. The summed E-state index contributed by atoms with van der Waals surface area (Å²) in [5.74, 6) is -0.654. The molecule has 138 valence electrons. The Morgan fingerprint density at radius 1 is 1.15 bits per heavy atom. The van der Waals surface area contributed by atoms with Crippen molar-refractivity contribution in [3.8, 4) is 11.5 Å². The molecule has 0 aliphatic carbocycles. The zero-order valence-electron chi connectivity index (χ0n) is 14.2. The molecule has 2 aromatic rings. The number of hydrazine groups is 1. The van der Waals surface area contributed by atoms with E-state index in [0.717, 1.165) is 5.56 Å². The third kappa shape index (κ3) is 6.03. The minimum absolute atomic E-state index is 0.248. The van der Waals surface area contributed by atoms with Crippen LogP contribution >= 0.6 is 15.9 Å². The van der Waals surface area contributed by atoms with Crippen LogP contribution in [0.1, 0.15) is 12.5 Å². The van der Waals surface area contributed by atoms with E-state index in [-0.39, 0.29) is 6.61 Å². The smallest absolute Gasteiger partial charge is 0.279 e. The Balaban J connectivity index is 1.76. The SMILES string of the molecule is Cc1ccc(OCC(=O)NNC(=O)C(C)Oc2ccc(F)cc2Br)cc1. The van der Waals surface area contributed by atoms with Gasteiger partial charge in [0.05, 0.1) is 4.47 Å². The van der Waals surface area contributed by atoms with Crippen molar-refractivity contribution in [1.29, 1.82) is 0 Å². The maximum absolute atomic E-state index is 13.0. The lowest BCUT2D eigenvalue weighted by Crippen LogP contribution is -2.48. The quantitative estimate of drug-likeness (QED) is 0.698. The monoisotopic (exact) mass is 424 g/mol. The Labute approximate surface area is 158 Å². The average molecular weight is 425 g/mol. The number of carbonyl (C=O) groups is 2. The number of amides is 2. The normalized spacial score (nSPS) is 11.4. The standard InChI is InChI=1S/C18H18BrFN2O4/c1-11-3-6-14(7-4-11)25-10-17(23)21-22-18(24)12(2)26-16-8-5-13(20)9-15(16)19/h3-9,12H,10H2,1-2H3,(H,21,23)(H,22,24). The number of nitrogens with one attached hydrogen (secondary N) is 2. The lowest BCUT2D eigenvalue weighted by atomic mass is 10.2. The largest absolute Gasteiger partial charge is 0.484 e. The highest BCUT2D eigenvalue weighted by Gasteiger charge is 2.17. The molecule has 0 aliphatic rings. The zero-order valence-corrected chi connectivity index (χ0v) is 15.8. The van der Waals surface area contributed by atoms with Crippen molar-refractivity contribution >= 4 is 27.7 Å². The molecule has 0 aromatic heterocycles. The van der Waals surface area contributed by atoms with Gasteiger partial charge in [0.2, 0.25) is 0 Å². The van der Waals surface area contributed by atoms with Crippen molar-refractivity contribution in [3.05, 3.63) is 58.3 Å². The molecule has 0 aliphatic heterocycles. The van der Waals surface area contributed by atoms with Crippen LogP contribution in [0.3, 0.4) is 0 Å². The second kappa shape index (κ2) is 9.19. The summed E-state index contributed by atoms with van der Waals surface area (Å²) in [5.41, 5.74) is 5.56. The molecule has 1 unspecified atom stereocenters. The highest BCUT2D eigenvalue weighted by Crippen LogP contribution is 2.26. The summed E-state index contributed by atoms with van der Waals surface area (Å²) in [6.45, 7) is 3.20. The molecule has 26 heavy (non-hydrogen) atoms. The van der Waals surface area contributed by atoms with Crippen LogP contribution in [0.4, 0.5) is 4.39 Å². The van der Waals surface area contributed by atoms with Crippen LogP contribution < -0.4 is 20.3 Å². The highest BCUT2D eigenvalue weighted by atomic mass is 79.9. The van der Waals surface area contributed by atoms with Crippen LogP contribution in [0, 0.1) is 12.7 Å². The first kappa shape index (κ1) is 19.7. The number of hydrogen-bond donors (Lipinski definition) is 2. The number of halogens is 2. The predicted octanol–water partition coefficient (Wildman–Crippen LogP) is 2.89. The minimum Gasteiger partial charge on any atom is -0.484 e. The number of hydrogen-bond acceptors (Lipinski definition) is 4. The lowest BCUT2D eigenvalue weighted by molar-refractivity contribution is -0.133. The Hall–Kier alpha value is -2.61. The third-order valence-electron chi connectivity index (χ3n) is 3.28. The first-order valence-corrected chi connectivity index (χ1v) is 8.54. The molecular weight excluding hydrogens is 407 g/mol. The van der Waals surface area contributed by atoms with E-state index in [1.807, 2.05) is 19.1 Å². The van der Waals surface area contributed by atoms with Crippen molar-refractivity contribution in [2.24, 2.45) is 0 Å². The van der Waals surface area contributed by atoms with E-state index < -0.39 is 23.7 Å². The number of aryl methyl sites for hydroxylation is 1. The minimum atomic E-state index is -0.907. The Bertz CT molecular complexity index is 783. The van der Waals surface area contributed by atoms with Gasteiger partial charge in [0.1, 0.15) is 17.3 Å². The second-order valence-corrected chi connectivity index (χ2v) is 6.33. The molecule has 0 radical (unpaired) electrons. The molecular formula is C18H18BrFN2O4. The molecule has 2 rings (SSSR count). The van der Waals surface area contributed by atoms with Gasteiger partial charge in [0.15, 0.2) is 12.7 Å². The second-order valence-electron chi connectivity index (χ2n) is 5.47. The highest BCUT2D eigenvalue weighted by molar-refractivity contribution is 9.10. The molecule has 1 atom stereocenters. The van der Waals surface area contributed by atoms with Gasteiger partial charge in [-0.05, 0) is 60.1 Å². The number of carbonyl (C=O) groups excluding carboxylic acids is 2. The molecule has 0 fully saturated rings. The first-order valence-electron chi connectivity index (χ1n) is 7.75. The molecule has 0 saturated heterocycles. The van der Waals surface area contributed by atoms with Gasteiger partial charge < -0.3 is 9.47 Å². The Morgan fingerprint density at radius 2 is 1.85 bits per heavy atom. The van der Waals surface area contributed by atoms with Crippen LogP contribution in [0.25, 0.3) is 0 Å². The van der Waals surface area contributed by atoms with E-state index in [0.29, 0.717) is 16.0 Å². The predicted molar refractivity (Wildman–Crippen MR) is 97.1 cm³/mol. The molecule has 2 amide bonds. The molecule has 6 nitrogen and oxygen atoms in total. The Morgan fingerprint density at radius 3 is 2.50 bits per heavy atom. The third-order valence-corrected chi connectivity index (χ3v) is 3.90. The van der Waals surface area contributed by atoms with E-state index in [2.05, 4.69) is 26.8 Å². The summed E-state index contributed by atoms with van der Waals surface area (Å²) in [6.07, 6.45) is -0.907. The van der Waals surface area contributed by atoms with Crippen LogP contribution in [0.2, 0.25) is 0 Å². The van der Waals surface area contributed by atoms with Gasteiger partial charge >= 0.3 is 0 Å². The summed E-state index contributed by atoms with van der Waals surface area (Å²) < 4.78 is 24.2. The first-order chi connectivity index (χ1) is 12.3. The average Bonchev–Trinajstić information content (AvgIpc) is 2.61. The van der Waals surface area contributed by atoms with E-state index in [1.54, 1.807) is 12.1 Å². The molecule has 0 bridgehead atoms. The van der Waals surface area contributed by atoms with Crippen LogP contribution in [0.5, 0.6) is 11.5 Å². The summed E-state index contributed by atoms with van der Waals surface area (Å²) >= 11 is 3.15. The maximum Gasteiger partial charge on any atom is 0.279 e. The zero-order chi connectivity index (χ0) is 19.1. The molecule has 2 aromatic carbocycles. The van der Waals surface area contributed by atoms with Gasteiger partial charge in [0, 0.05) is 0 Å². The van der Waals surface area contributed by atoms with Crippen LogP contribution in [0.15, 0.2) is 46.9 Å². The Kier molecular flexibility index (Phi) is 6.97. The van der Waals surface area contributed by atoms with Crippen LogP contribution in [-0.4, -0.2) is 24.5 Å². The van der Waals surface area contributed by atoms with Gasteiger partial charge in [-0.3, -0.25) is 20.4 Å². The molecule has 2 N–H and O–H groups in total. The van der Waals surface area contributed by atoms with Crippen molar-refractivity contribution in [1.82, 2.24) is 10.9 Å². The van der Waals surface area contributed by atoms with Gasteiger partial charge in [-0.15, -0.1) is 0 Å². The molecule has 0 spiro atoms. The van der Waals surface area contributed by atoms with E-state index in [4.69, 9.17) is 9.47 Å². The summed E-state index contributed by atoms with van der Waals surface area (Å²) in [6, 6.07) is 11.1. The topological polar surface area (TPSA) is 76.7 Å². The summed E-state index contributed by atoms with van der Waals surface area (Å²) in [4.78, 5) is 23.7. The van der Waals surface area contributed by atoms with Gasteiger partial charge in [-0.1, -0.05) is 17.7 Å². The van der Waals surface area contributed by atoms with Crippen LogP contribution in [-0.2, 0) is 9.59 Å². The van der Waals surface area contributed by atoms with Crippen molar-refractivity contribution in [2.45, 2.75) is 20.0 Å². The van der Waals surface area contributed by atoms with Crippen molar-refractivity contribution in [3.63, 3.8) is 0 Å². The molecule has 0 heterocycles. The van der Waals surface area contributed by atoms with Gasteiger partial charge in [-0.25, -0.2) is 4.39 Å². The fourth-order valence-corrected chi connectivity index (χ4v) is 2.31. The lowest BCUT2D eigenvalue weighted by Gasteiger charge is -2.16. The fourth-order valence-electron chi connectivity index (χ4n) is 1.87. The van der Waals surface area contributed by atoms with Crippen molar-refractivity contribution in [2.75, 3.05) is 6.61 Å². The molecule has 0 saturated carbocycles. The number of ether oxygens (including phenoxy) is 2. The number of benzene rings is 2. The van der Waals surface area contributed by atoms with Crippen molar-refractivity contribution < 1.29 is 23.5 Å². The summed E-state index contributed by atoms with van der Waals surface area (Å²) in [5, 5.41) is 0. The fraction of sp³-hybridized carbons (Fsp3) is 0.222. The summed E-state index contributed by atoms with van der Waals surface area (Å²) in [7, 11) is 0. The van der Waals surface area contributed by atoms with Gasteiger partial charge in [-0.2, -0.15) is 0 Å². The molecule has 8 heteroatoms. The van der Waals surface area contributed by atoms with E-state index in [1.165, 1.54) is 25.1 Å². The maximum atomic E-state index is 13.0. The van der Waals surface area contributed by atoms with E-state index in [9.17, 15) is 14.0 Å².